The highest BCUT2D eigenvalue weighted by Crippen LogP contribution is 2.45. The van der Waals surface area contributed by atoms with Crippen molar-refractivity contribution in [1.29, 1.82) is 0 Å². The third-order valence-electron chi connectivity index (χ3n) is 9.84. The number of rotatable bonds is 7. The lowest BCUT2D eigenvalue weighted by atomic mass is 10.0. The van der Waals surface area contributed by atoms with Crippen LogP contribution in [0.2, 0.25) is 0 Å². The van der Waals surface area contributed by atoms with Crippen LogP contribution in [0, 0.1) is 0 Å². The Morgan fingerprint density at radius 1 is 0.288 bits per heavy atom. The van der Waals surface area contributed by atoms with E-state index >= 15 is 0 Å². The fraction of sp³-hybridized carbons (Fsp3) is 0. The summed E-state index contributed by atoms with van der Waals surface area (Å²) in [6, 6.07) is 67.7. The molecule has 0 N–H and O–H groups in total. The number of hydrogen-bond acceptors (Lipinski definition) is 4. The zero-order valence-electron chi connectivity index (χ0n) is 28.2. The molecule has 0 fully saturated rings. The molecular weight excluding hydrogens is 637 g/mol. The van der Waals surface area contributed by atoms with E-state index in [2.05, 4.69) is 174 Å². The summed E-state index contributed by atoms with van der Waals surface area (Å²) in [6.07, 6.45) is 0. The average molecular weight is 669 g/mol. The molecule has 4 nitrogen and oxygen atoms in total. The predicted octanol–water partition coefficient (Wildman–Crippen LogP) is 14.1. The quantitative estimate of drug-likeness (QED) is 0.169. The molecule has 246 valence electrons. The molecule has 0 bridgehead atoms. The standard InChI is InChI=1S/C48H32N2O2/c1-4-13-33(14-5-1)34-23-25-37(26-24-34)49(39-27-29-41-40-19-10-11-22-45(40)51-47(41)32-39)38-28-30-46-43(31-38)42-20-12-21-44(48(42)52-46)50(35-15-6-2-7-16-35)36-17-8-3-9-18-36/h1-32H. The number of nitrogens with zero attached hydrogens (tertiary/aromatic N) is 2. The fourth-order valence-corrected chi connectivity index (χ4v) is 7.40. The maximum Gasteiger partial charge on any atom is 0.159 e. The molecule has 52 heavy (non-hydrogen) atoms. The summed E-state index contributed by atoms with van der Waals surface area (Å²) in [4.78, 5) is 4.55. The fourth-order valence-electron chi connectivity index (χ4n) is 7.40. The molecule has 0 atom stereocenters. The third kappa shape index (κ3) is 5.09. The average Bonchev–Trinajstić information content (AvgIpc) is 3.78. The van der Waals surface area contributed by atoms with E-state index in [1.807, 2.05) is 30.3 Å². The second-order valence-electron chi connectivity index (χ2n) is 13.0. The van der Waals surface area contributed by atoms with Crippen LogP contribution in [0.15, 0.2) is 203 Å². The maximum absolute atomic E-state index is 6.73. The summed E-state index contributed by atoms with van der Waals surface area (Å²) in [5, 5.41) is 4.32. The van der Waals surface area contributed by atoms with Gasteiger partial charge in [0.1, 0.15) is 16.7 Å². The normalized spacial score (nSPS) is 11.5. The molecule has 2 aromatic heterocycles. The Labute approximate surface area is 301 Å². The summed E-state index contributed by atoms with van der Waals surface area (Å²) in [6.45, 7) is 0. The van der Waals surface area contributed by atoms with Crippen LogP contribution in [0.3, 0.4) is 0 Å². The Bertz CT molecular complexity index is 2800. The van der Waals surface area contributed by atoms with Crippen molar-refractivity contribution in [3.63, 3.8) is 0 Å². The van der Waals surface area contributed by atoms with E-state index in [-0.39, 0.29) is 0 Å². The van der Waals surface area contributed by atoms with Gasteiger partial charge in [-0.3, -0.25) is 0 Å². The van der Waals surface area contributed by atoms with Gasteiger partial charge in [0.05, 0.1) is 5.69 Å². The van der Waals surface area contributed by atoms with Gasteiger partial charge in [-0.2, -0.15) is 0 Å². The van der Waals surface area contributed by atoms with Gasteiger partial charge in [-0.1, -0.05) is 109 Å². The molecule has 0 aliphatic heterocycles. The van der Waals surface area contributed by atoms with Crippen molar-refractivity contribution in [2.75, 3.05) is 9.80 Å². The Morgan fingerprint density at radius 3 is 1.58 bits per heavy atom. The first-order valence-corrected chi connectivity index (χ1v) is 17.5. The number of anilines is 6. The van der Waals surface area contributed by atoms with Gasteiger partial charge in [-0.15, -0.1) is 0 Å². The minimum atomic E-state index is 0.833. The zero-order chi connectivity index (χ0) is 34.4. The zero-order valence-corrected chi connectivity index (χ0v) is 28.2. The van der Waals surface area contributed by atoms with E-state index in [0.717, 1.165) is 78.0 Å². The second kappa shape index (κ2) is 12.4. The minimum absolute atomic E-state index is 0.833. The molecule has 0 radical (unpaired) electrons. The van der Waals surface area contributed by atoms with Gasteiger partial charge in [0.2, 0.25) is 0 Å². The molecule has 10 rings (SSSR count). The first-order chi connectivity index (χ1) is 25.8. The van der Waals surface area contributed by atoms with Crippen LogP contribution < -0.4 is 9.80 Å². The number of furan rings is 2. The van der Waals surface area contributed by atoms with Gasteiger partial charge in [-0.25, -0.2) is 0 Å². The van der Waals surface area contributed by atoms with E-state index in [1.54, 1.807) is 0 Å². The highest BCUT2D eigenvalue weighted by atomic mass is 16.3. The largest absolute Gasteiger partial charge is 0.456 e. The highest BCUT2D eigenvalue weighted by molar-refractivity contribution is 6.12. The van der Waals surface area contributed by atoms with E-state index in [0.29, 0.717) is 0 Å². The maximum atomic E-state index is 6.73. The van der Waals surface area contributed by atoms with Crippen molar-refractivity contribution in [1.82, 2.24) is 0 Å². The van der Waals surface area contributed by atoms with E-state index in [9.17, 15) is 0 Å². The van der Waals surface area contributed by atoms with Crippen molar-refractivity contribution in [2.24, 2.45) is 0 Å². The molecule has 0 aliphatic rings. The summed E-state index contributed by atoms with van der Waals surface area (Å²) in [5.74, 6) is 0. The first-order valence-electron chi connectivity index (χ1n) is 17.5. The number of para-hydroxylation sites is 4. The van der Waals surface area contributed by atoms with E-state index in [1.165, 1.54) is 11.1 Å². The molecule has 8 aromatic carbocycles. The monoisotopic (exact) mass is 668 g/mol. The van der Waals surface area contributed by atoms with Crippen molar-refractivity contribution in [2.45, 2.75) is 0 Å². The number of fused-ring (bicyclic) bond motifs is 6. The van der Waals surface area contributed by atoms with Crippen LogP contribution in [0.25, 0.3) is 55.0 Å². The van der Waals surface area contributed by atoms with Crippen LogP contribution in [0.4, 0.5) is 34.1 Å². The Kier molecular flexibility index (Phi) is 7.10. The first kappa shape index (κ1) is 29.8. The molecule has 0 amide bonds. The smallest absolute Gasteiger partial charge is 0.159 e. The summed E-state index contributed by atoms with van der Waals surface area (Å²) < 4.78 is 13.1. The molecule has 2 heterocycles. The molecule has 4 heteroatoms. The van der Waals surface area contributed by atoms with Crippen molar-refractivity contribution in [3.8, 4) is 11.1 Å². The van der Waals surface area contributed by atoms with Crippen LogP contribution in [0.5, 0.6) is 0 Å². The minimum Gasteiger partial charge on any atom is -0.456 e. The van der Waals surface area contributed by atoms with Gasteiger partial charge in [0.15, 0.2) is 5.58 Å². The lowest BCUT2D eigenvalue weighted by Crippen LogP contribution is -2.10. The molecular formula is C48H32N2O2. The SMILES string of the molecule is c1ccc(-c2ccc(N(c3ccc4c(c3)oc3ccccc34)c3ccc4oc5c(N(c6ccccc6)c6ccccc6)cccc5c4c3)cc2)cc1. The van der Waals surface area contributed by atoms with E-state index in [4.69, 9.17) is 8.83 Å². The molecule has 0 aliphatic carbocycles. The summed E-state index contributed by atoms with van der Waals surface area (Å²) >= 11 is 0. The van der Waals surface area contributed by atoms with Crippen LogP contribution in [-0.4, -0.2) is 0 Å². The second-order valence-corrected chi connectivity index (χ2v) is 13.0. The van der Waals surface area contributed by atoms with Gasteiger partial charge in [0.25, 0.3) is 0 Å². The van der Waals surface area contributed by atoms with Gasteiger partial charge >= 0.3 is 0 Å². The molecule has 0 saturated heterocycles. The van der Waals surface area contributed by atoms with Crippen molar-refractivity contribution < 1.29 is 8.83 Å². The predicted molar refractivity (Wildman–Crippen MR) is 216 cm³/mol. The Morgan fingerprint density at radius 2 is 0.827 bits per heavy atom. The van der Waals surface area contributed by atoms with Crippen LogP contribution in [0.1, 0.15) is 0 Å². The van der Waals surface area contributed by atoms with Gasteiger partial charge in [-0.05, 0) is 90.0 Å². The molecule has 0 saturated carbocycles. The van der Waals surface area contributed by atoms with Crippen LogP contribution in [-0.2, 0) is 0 Å². The summed E-state index contributed by atoms with van der Waals surface area (Å²) in [7, 11) is 0. The van der Waals surface area contributed by atoms with Crippen molar-refractivity contribution >= 4 is 78.0 Å². The van der Waals surface area contributed by atoms with Gasteiger partial charge < -0.3 is 18.6 Å². The third-order valence-corrected chi connectivity index (χ3v) is 9.84. The Hall–Kier alpha value is -7.04. The summed E-state index contributed by atoms with van der Waals surface area (Å²) in [5.41, 5.74) is 11.9. The molecule has 0 spiro atoms. The van der Waals surface area contributed by atoms with Crippen LogP contribution >= 0.6 is 0 Å². The topological polar surface area (TPSA) is 32.8 Å². The van der Waals surface area contributed by atoms with E-state index < -0.39 is 0 Å². The van der Waals surface area contributed by atoms with Crippen molar-refractivity contribution in [3.05, 3.63) is 194 Å². The number of benzene rings is 8. The van der Waals surface area contributed by atoms with Gasteiger partial charge in [0, 0.05) is 56.0 Å². The lowest BCUT2D eigenvalue weighted by molar-refractivity contribution is 0.668. The lowest BCUT2D eigenvalue weighted by Gasteiger charge is -2.26. The highest BCUT2D eigenvalue weighted by Gasteiger charge is 2.21. The molecule has 0 unspecified atom stereocenters. The Balaban J connectivity index is 1.14. The molecule has 10 aromatic rings. The number of hydrogen-bond donors (Lipinski definition) is 0.